The lowest BCUT2D eigenvalue weighted by Gasteiger charge is -2.15. The number of rotatable bonds is 1. The van der Waals surface area contributed by atoms with Crippen LogP contribution < -0.4 is 5.32 Å². The molecule has 0 aromatic carbocycles. The minimum atomic E-state index is 0.282. The van der Waals surface area contributed by atoms with Crippen molar-refractivity contribution in [3.8, 4) is 0 Å². The summed E-state index contributed by atoms with van der Waals surface area (Å²) in [6.07, 6.45) is 6.32. The lowest BCUT2D eigenvalue weighted by atomic mass is 10.2. The zero-order valence-corrected chi connectivity index (χ0v) is 7.13. The molecule has 2 rings (SSSR count). The molecule has 0 spiro atoms. The third-order valence-electron chi connectivity index (χ3n) is 1.80. The van der Waals surface area contributed by atoms with Crippen molar-refractivity contribution in [2.75, 3.05) is 0 Å². The van der Waals surface area contributed by atoms with Crippen LogP contribution in [0.4, 0.5) is 0 Å². The molecule has 54 valence electrons. The Morgan fingerprint density at radius 1 is 1.60 bits per heavy atom. The maximum atomic E-state index is 4.30. The van der Waals surface area contributed by atoms with Gasteiger partial charge >= 0.3 is 0 Å². The molecule has 0 amide bonds. The Morgan fingerprint density at radius 3 is 3.00 bits per heavy atom. The first-order chi connectivity index (χ1) is 4.88. The summed E-state index contributed by atoms with van der Waals surface area (Å²) in [6, 6.07) is 0. The third kappa shape index (κ3) is 1.10. The maximum absolute atomic E-state index is 4.30. The molecule has 2 aliphatic rings. The van der Waals surface area contributed by atoms with Gasteiger partial charge in [-0.05, 0) is 12.8 Å². The Balaban J connectivity index is 2.14. The molecule has 0 aromatic rings. The lowest BCUT2D eigenvalue weighted by molar-refractivity contribution is 0.908. The summed E-state index contributed by atoms with van der Waals surface area (Å²) in [6.45, 7) is 0. The number of nitrogens with zero attached hydrogens (tertiary/aromatic N) is 1. The first-order valence-electron chi connectivity index (χ1n) is 3.50. The van der Waals surface area contributed by atoms with Crippen molar-refractivity contribution in [2.45, 2.75) is 17.8 Å². The Labute approximate surface area is 68.5 Å². The zero-order chi connectivity index (χ0) is 6.97. The van der Waals surface area contributed by atoms with Gasteiger partial charge in [-0.3, -0.25) is 4.99 Å². The molecule has 10 heavy (non-hydrogen) atoms. The quantitative estimate of drug-likeness (QED) is 0.506. The van der Waals surface area contributed by atoms with Crippen molar-refractivity contribution < 1.29 is 0 Å². The molecule has 2 nitrogen and oxygen atoms in total. The van der Waals surface area contributed by atoms with Gasteiger partial charge in [0, 0.05) is 18.3 Å². The summed E-state index contributed by atoms with van der Waals surface area (Å²) in [5, 5.41) is 3.16. The number of nitrogens with one attached hydrogen (secondary N) is 1. The van der Waals surface area contributed by atoms with Gasteiger partial charge < -0.3 is 5.32 Å². The molecule has 0 saturated heterocycles. The average molecular weight is 201 g/mol. The smallest absolute Gasteiger partial charge is 0.121 e. The van der Waals surface area contributed by atoms with Gasteiger partial charge in [0.2, 0.25) is 0 Å². The predicted molar refractivity (Wildman–Crippen MR) is 45.1 cm³/mol. The van der Waals surface area contributed by atoms with E-state index < -0.39 is 0 Å². The van der Waals surface area contributed by atoms with E-state index in [-0.39, 0.29) is 4.95 Å². The second-order valence-corrected chi connectivity index (χ2v) is 3.59. The first kappa shape index (κ1) is 6.40. The second kappa shape index (κ2) is 2.38. The van der Waals surface area contributed by atoms with Crippen molar-refractivity contribution in [3.63, 3.8) is 0 Å². The molecule has 1 saturated carbocycles. The van der Waals surface area contributed by atoms with Gasteiger partial charge in [-0.1, -0.05) is 15.9 Å². The Morgan fingerprint density at radius 2 is 2.40 bits per heavy atom. The van der Waals surface area contributed by atoms with E-state index >= 15 is 0 Å². The molecular formula is C7H9BrN2. The number of halogens is 1. The molecule has 0 aromatic heterocycles. The third-order valence-corrected chi connectivity index (χ3v) is 2.53. The summed E-state index contributed by atoms with van der Waals surface area (Å²) in [4.78, 5) is 4.58. The largest absolute Gasteiger partial charge is 0.373 e. The Hall–Kier alpha value is -0.310. The van der Waals surface area contributed by atoms with E-state index in [2.05, 4.69) is 26.2 Å². The summed E-state index contributed by atoms with van der Waals surface area (Å²) in [5.41, 5.74) is 1.27. The fourth-order valence-electron chi connectivity index (χ4n) is 1.09. The average Bonchev–Trinajstić information content (AvgIpc) is 2.71. The van der Waals surface area contributed by atoms with Gasteiger partial charge in [-0.15, -0.1) is 0 Å². The van der Waals surface area contributed by atoms with Crippen LogP contribution in [0.1, 0.15) is 12.8 Å². The second-order valence-electron chi connectivity index (χ2n) is 2.67. The molecule has 0 bridgehead atoms. The zero-order valence-electron chi connectivity index (χ0n) is 5.55. The minimum Gasteiger partial charge on any atom is -0.373 e. The topological polar surface area (TPSA) is 24.4 Å². The number of hydrogen-bond donors (Lipinski definition) is 1. The van der Waals surface area contributed by atoms with Crippen LogP contribution in [0.2, 0.25) is 0 Å². The van der Waals surface area contributed by atoms with E-state index in [1.807, 2.05) is 12.4 Å². The van der Waals surface area contributed by atoms with Gasteiger partial charge in [0.05, 0.1) is 5.71 Å². The van der Waals surface area contributed by atoms with Crippen LogP contribution in [0.25, 0.3) is 0 Å². The van der Waals surface area contributed by atoms with Crippen LogP contribution in [0, 0.1) is 5.92 Å². The van der Waals surface area contributed by atoms with Crippen molar-refractivity contribution in [3.05, 3.63) is 12.4 Å². The molecule has 1 N–H and O–H groups in total. The van der Waals surface area contributed by atoms with Crippen LogP contribution in [0.3, 0.4) is 0 Å². The van der Waals surface area contributed by atoms with Gasteiger partial charge in [0.1, 0.15) is 4.95 Å². The molecule has 1 heterocycles. The van der Waals surface area contributed by atoms with Crippen LogP contribution in [0.15, 0.2) is 17.4 Å². The summed E-state index contributed by atoms with van der Waals surface area (Å²) in [7, 11) is 0. The van der Waals surface area contributed by atoms with Crippen LogP contribution in [0.5, 0.6) is 0 Å². The fourth-order valence-corrected chi connectivity index (χ4v) is 1.74. The number of hydrogen-bond acceptors (Lipinski definition) is 2. The Bertz CT molecular complexity index is 194. The molecule has 1 unspecified atom stereocenters. The molecule has 1 aliphatic heterocycles. The highest BCUT2D eigenvalue weighted by Crippen LogP contribution is 2.33. The van der Waals surface area contributed by atoms with Gasteiger partial charge in [-0.25, -0.2) is 0 Å². The summed E-state index contributed by atoms with van der Waals surface area (Å²) >= 11 is 3.50. The van der Waals surface area contributed by atoms with E-state index in [9.17, 15) is 0 Å². The molecular weight excluding hydrogens is 192 g/mol. The first-order valence-corrected chi connectivity index (χ1v) is 4.42. The van der Waals surface area contributed by atoms with Gasteiger partial charge in [-0.2, -0.15) is 0 Å². The van der Waals surface area contributed by atoms with Gasteiger partial charge in [0.15, 0.2) is 0 Å². The van der Waals surface area contributed by atoms with Crippen LogP contribution >= 0.6 is 15.9 Å². The highest BCUT2D eigenvalue weighted by atomic mass is 79.9. The van der Waals surface area contributed by atoms with E-state index in [0.29, 0.717) is 0 Å². The van der Waals surface area contributed by atoms with E-state index in [0.717, 1.165) is 5.92 Å². The fraction of sp³-hybridized carbons (Fsp3) is 0.571. The number of alkyl halides is 1. The molecule has 1 atom stereocenters. The van der Waals surface area contributed by atoms with Crippen molar-refractivity contribution in [1.29, 1.82) is 0 Å². The van der Waals surface area contributed by atoms with E-state index in [1.165, 1.54) is 18.6 Å². The van der Waals surface area contributed by atoms with E-state index in [1.54, 1.807) is 0 Å². The summed E-state index contributed by atoms with van der Waals surface area (Å²) in [5.74, 6) is 0.752. The van der Waals surface area contributed by atoms with E-state index in [4.69, 9.17) is 0 Å². The molecule has 0 radical (unpaired) electrons. The van der Waals surface area contributed by atoms with Crippen molar-refractivity contribution in [1.82, 2.24) is 5.32 Å². The minimum absolute atomic E-state index is 0.282. The highest BCUT2D eigenvalue weighted by Gasteiger charge is 2.31. The number of aliphatic imine (C=N–C) groups is 1. The SMILES string of the molecule is BrC1NC=CN=C1C1CC1. The molecule has 3 heteroatoms. The molecule has 1 aliphatic carbocycles. The molecule has 1 fully saturated rings. The van der Waals surface area contributed by atoms with Crippen LogP contribution in [-0.2, 0) is 0 Å². The highest BCUT2D eigenvalue weighted by molar-refractivity contribution is 9.10. The lowest BCUT2D eigenvalue weighted by Crippen LogP contribution is -2.30. The predicted octanol–water partition coefficient (Wildman–Crippen LogP) is 1.63. The Kier molecular flexibility index (Phi) is 1.52. The maximum Gasteiger partial charge on any atom is 0.121 e. The van der Waals surface area contributed by atoms with Crippen LogP contribution in [-0.4, -0.2) is 10.7 Å². The van der Waals surface area contributed by atoms with Crippen molar-refractivity contribution in [2.24, 2.45) is 10.9 Å². The standard InChI is InChI=1S/C7H9BrN2/c8-7-6(5-1-2-5)9-3-4-10-7/h3-5,7,10H,1-2H2. The normalized spacial score (nSPS) is 31.3. The summed E-state index contributed by atoms with van der Waals surface area (Å²) < 4.78 is 0. The monoisotopic (exact) mass is 200 g/mol. The van der Waals surface area contributed by atoms with Crippen molar-refractivity contribution >= 4 is 21.6 Å². The van der Waals surface area contributed by atoms with Gasteiger partial charge in [0.25, 0.3) is 0 Å².